The molecule has 0 bridgehead atoms. The Balaban J connectivity index is 2.59. The number of rotatable bonds is 8. The summed E-state index contributed by atoms with van der Waals surface area (Å²) in [4.78, 5) is 27.2. The maximum absolute atomic E-state index is 12.3. The van der Waals surface area contributed by atoms with E-state index in [4.69, 9.17) is 4.74 Å². The quantitative estimate of drug-likeness (QED) is 0.735. The molecular weight excluding hydrogens is 268 g/mol. The molecule has 0 spiro atoms. The molecule has 1 rings (SSSR count). The van der Waals surface area contributed by atoms with Crippen LogP contribution in [0.2, 0.25) is 0 Å². The van der Waals surface area contributed by atoms with E-state index in [0.29, 0.717) is 32.7 Å². The van der Waals surface area contributed by atoms with Gasteiger partial charge in [-0.1, -0.05) is 18.2 Å². The van der Waals surface area contributed by atoms with Gasteiger partial charge in [0.2, 0.25) is 11.8 Å². The third kappa shape index (κ3) is 5.55. The van der Waals surface area contributed by atoms with Crippen molar-refractivity contribution in [2.75, 3.05) is 38.3 Å². The van der Waals surface area contributed by atoms with Gasteiger partial charge in [0, 0.05) is 45.8 Å². The molecule has 21 heavy (non-hydrogen) atoms. The van der Waals surface area contributed by atoms with E-state index in [1.165, 1.54) is 6.92 Å². The molecule has 0 N–H and O–H groups in total. The first-order chi connectivity index (χ1) is 10.1. The fourth-order valence-electron chi connectivity index (χ4n) is 2.10. The summed E-state index contributed by atoms with van der Waals surface area (Å²) < 4.78 is 4.98. The molecule has 0 atom stereocenters. The third-order valence-electron chi connectivity index (χ3n) is 3.29. The van der Waals surface area contributed by atoms with Gasteiger partial charge in [0.25, 0.3) is 0 Å². The highest BCUT2D eigenvalue weighted by molar-refractivity contribution is 5.93. The zero-order valence-corrected chi connectivity index (χ0v) is 13.0. The third-order valence-corrected chi connectivity index (χ3v) is 3.29. The summed E-state index contributed by atoms with van der Waals surface area (Å²) in [5, 5.41) is 0. The number of benzene rings is 1. The van der Waals surface area contributed by atoms with Crippen molar-refractivity contribution in [3.63, 3.8) is 0 Å². The number of hydrogen-bond acceptors (Lipinski definition) is 3. The first-order valence-corrected chi connectivity index (χ1v) is 7.20. The van der Waals surface area contributed by atoms with E-state index >= 15 is 0 Å². The molecule has 116 valence electrons. The van der Waals surface area contributed by atoms with Crippen LogP contribution in [0.5, 0.6) is 0 Å². The van der Waals surface area contributed by atoms with Crippen LogP contribution in [0.4, 0.5) is 5.69 Å². The van der Waals surface area contributed by atoms with Crippen LogP contribution in [0.15, 0.2) is 30.3 Å². The Morgan fingerprint density at radius 2 is 1.81 bits per heavy atom. The van der Waals surface area contributed by atoms with E-state index in [1.54, 1.807) is 16.9 Å². The van der Waals surface area contributed by atoms with Crippen molar-refractivity contribution in [3.05, 3.63) is 30.3 Å². The predicted octanol–water partition coefficient (Wildman–Crippen LogP) is 1.92. The first-order valence-electron chi connectivity index (χ1n) is 7.20. The Bertz CT molecular complexity index is 448. The number of carbonyl (C=O) groups is 2. The Labute approximate surface area is 126 Å². The zero-order valence-electron chi connectivity index (χ0n) is 13.0. The molecule has 0 radical (unpaired) electrons. The smallest absolute Gasteiger partial charge is 0.228 e. The summed E-state index contributed by atoms with van der Waals surface area (Å²) in [6, 6.07) is 9.56. The summed E-state index contributed by atoms with van der Waals surface area (Å²) in [5.41, 5.74) is 0.885. The van der Waals surface area contributed by atoms with Crippen molar-refractivity contribution >= 4 is 17.5 Å². The Morgan fingerprint density at radius 1 is 1.14 bits per heavy atom. The Hall–Kier alpha value is -1.88. The molecule has 5 heteroatoms. The molecule has 0 aliphatic rings. The van der Waals surface area contributed by atoms with E-state index in [-0.39, 0.29) is 11.8 Å². The number of amides is 2. The lowest BCUT2D eigenvalue weighted by Crippen LogP contribution is -2.37. The molecule has 0 aliphatic heterocycles. The zero-order chi connectivity index (χ0) is 15.7. The number of hydrogen-bond donors (Lipinski definition) is 0. The minimum absolute atomic E-state index is 0.0207. The summed E-state index contributed by atoms with van der Waals surface area (Å²) in [7, 11) is 1.59. The van der Waals surface area contributed by atoms with Crippen molar-refractivity contribution in [2.45, 2.75) is 20.3 Å². The van der Waals surface area contributed by atoms with Crippen LogP contribution in [-0.2, 0) is 14.3 Å². The van der Waals surface area contributed by atoms with Gasteiger partial charge in [0.1, 0.15) is 0 Å². The van der Waals surface area contributed by atoms with E-state index in [0.717, 1.165) is 5.69 Å². The van der Waals surface area contributed by atoms with Crippen molar-refractivity contribution in [1.82, 2.24) is 4.90 Å². The molecule has 2 amide bonds. The standard InChI is InChI=1S/C16H24N2O3/c1-4-18(15-8-6-5-7-9-15)16(20)10-11-17(14(2)19)12-13-21-3/h5-9H,4,10-13H2,1-3H3. The highest BCUT2D eigenvalue weighted by Gasteiger charge is 2.16. The van der Waals surface area contributed by atoms with Gasteiger partial charge >= 0.3 is 0 Å². The Kier molecular flexibility index (Phi) is 7.46. The van der Waals surface area contributed by atoms with Crippen LogP contribution < -0.4 is 4.90 Å². The lowest BCUT2D eigenvalue weighted by molar-refractivity contribution is -0.130. The summed E-state index contributed by atoms with van der Waals surface area (Å²) in [6.07, 6.45) is 0.312. The largest absolute Gasteiger partial charge is 0.383 e. The van der Waals surface area contributed by atoms with Crippen LogP contribution >= 0.6 is 0 Å². The van der Waals surface area contributed by atoms with Crippen LogP contribution in [-0.4, -0.2) is 50.1 Å². The van der Waals surface area contributed by atoms with Gasteiger partial charge < -0.3 is 14.5 Å². The molecule has 0 saturated heterocycles. The number of carbonyl (C=O) groups excluding carboxylic acids is 2. The van der Waals surface area contributed by atoms with Crippen molar-refractivity contribution in [2.24, 2.45) is 0 Å². The van der Waals surface area contributed by atoms with Gasteiger partial charge in [-0.05, 0) is 19.1 Å². The van der Waals surface area contributed by atoms with Crippen LogP contribution in [0.25, 0.3) is 0 Å². The number of ether oxygens (including phenoxy) is 1. The fraction of sp³-hybridized carbons (Fsp3) is 0.500. The highest BCUT2D eigenvalue weighted by atomic mass is 16.5. The topological polar surface area (TPSA) is 49.9 Å². The molecule has 0 aliphatic carbocycles. The number of anilines is 1. The van der Waals surface area contributed by atoms with Gasteiger partial charge in [0.15, 0.2) is 0 Å². The number of nitrogens with zero attached hydrogens (tertiary/aromatic N) is 2. The minimum Gasteiger partial charge on any atom is -0.383 e. The van der Waals surface area contributed by atoms with Crippen LogP contribution in [0, 0.1) is 0 Å². The number of methoxy groups -OCH3 is 1. The second-order valence-corrected chi connectivity index (χ2v) is 4.72. The average Bonchev–Trinajstić information content (AvgIpc) is 2.48. The lowest BCUT2D eigenvalue weighted by Gasteiger charge is -2.24. The Morgan fingerprint density at radius 3 is 2.33 bits per heavy atom. The van der Waals surface area contributed by atoms with E-state index in [9.17, 15) is 9.59 Å². The second-order valence-electron chi connectivity index (χ2n) is 4.72. The summed E-state index contributed by atoms with van der Waals surface area (Å²) >= 11 is 0. The van der Waals surface area contributed by atoms with E-state index in [1.807, 2.05) is 37.3 Å². The van der Waals surface area contributed by atoms with E-state index < -0.39 is 0 Å². The normalized spacial score (nSPS) is 10.2. The first kappa shape index (κ1) is 17.2. The minimum atomic E-state index is -0.0393. The van der Waals surface area contributed by atoms with Crippen LogP contribution in [0.1, 0.15) is 20.3 Å². The monoisotopic (exact) mass is 292 g/mol. The van der Waals surface area contributed by atoms with Crippen LogP contribution in [0.3, 0.4) is 0 Å². The van der Waals surface area contributed by atoms with Crippen molar-refractivity contribution < 1.29 is 14.3 Å². The van der Waals surface area contributed by atoms with Crippen molar-refractivity contribution in [1.29, 1.82) is 0 Å². The second kappa shape index (κ2) is 9.13. The predicted molar refractivity (Wildman–Crippen MR) is 83.2 cm³/mol. The molecule has 1 aromatic carbocycles. The molecule has 1 aromatic rings. The maximum Gasteiger partial charge on any atom is 0.228 e. The van der Waals surface area contributed by atoms with Gasteiger partial charge in [0.05, 0.1) is 6.61 Å². The van der Waals surface area contributed by atoms with Gasteiger partial charge in [-0.25, -0.2) is 0 Å². The summed E-state index contributed by atoms with van der Waals surface area (Å²) in [5.74, 6) is -0.0185. The van der Waals surface area contributed by atoms with Crippen molar-refractivity contribution in [3.8, 4) is 0 Å². The van der Waals surface area contributed by atoms with Gasteiger partial charge in [-0.15, -0.1) is 0 Å². The highest BCUT2D eigenvalue weighted by Crippen LogP contribution is 2.14. The lowest BCUT2D eigenvalue weighted by atomic mass is 10.2. The number of para-hydroxylation sites is 1. The average molecular weight is 292 g/mol. The molecular formula is C16H24N2O3. The van der Waals surface area contributed by atoms with Gasteiger partial charge in [-0.2, -0.15) is 0 Å². The van der Waals surface area contributed by atoms with E-state index in [2.05, 4.69) is 0 Å². The molecule has 0 fully saturated rings. The molecule has 0 aromatic heterocycles. The fourth-order valence-corrected chi connectivity index (χ4v) is 2.10. The maximum atomic E-state index is 12.3. The molecule has 0 unspecified atom stereocenters. The molecule has 0 saturated carbocycles. The molecule has 0 heterocycles. The molecule has 5 nitrogen and oxygen atoms in total. The van der Waals surface area contributed by atoms with Gasteiger partial charge in [-0.3, -0.25) is 9.59 Å². The SMILES string of the molecule is CCN(C(=O)CCN(CCOC)C(C)=O)c1ccccc1. The summed E-state index contributed by atoms with van der Waals surface area (Å²) in [6.45, 7) is 5.47.